The number of sulfone groups is 1. The number of aliphatic hydroxyl groups excluding tert-OH is 1. The second-order valence-electron chi connectivity index (χ2n) is 3.30. The van der Waals surface area contributed by atoms with E-state index in [1.165, 1.54) is 6.07 Å². The number of benzene rings is 1. The number of hydrogen-bond acceptors (Lipinski definition) is 4. The normalized spacial score (nSPS) is 17.4. The predicted molar refractivity (Wildman–Crippen MR) is 61.5 cm³/mol. The minimum absolute atomic E-state index is 0.0874. The van der Waals surface area contributed by atoms with Gasteiger partial charge in [-0.1, -0.05) is 29.8 Å². The number of fused-ring (bicyclic) bond motifs is 1. The highest BCUT2D eigenvalue weighted by molar-refractivity contribution is 7.97. The zero-order chi connectivity index (χ0) is 11.8. The van der Waals surface area contributed by atoms with Crippen molar-refractivity contribution in [3.05, 3.63) is 34.2 Å². The Hall–Kier alpha value is -1.04. The molecule has 1 heterocycles. The molecular formula is C10H10ClNO3S. The van der Waals surface area contributed by atoms with E-state index in [-0.39, 0.29) is 22.4 Å². The SMILES string of the molecule is O=S1(=O)C(Cl)=C(NCCO)c2ccccc21. The average molecular weight is 260 g/mol. The maximum atomic E-state index is 11.9. The van der Waals surface area contributed by atoms with Crippen LogP contribution in [0.3, 0.4) is 0 Å². The third-order valence-electron chi connectivity index (χ3n) is 2.29. The van der Waals surface area contributed by atoms with E-state index >= 15 is 0 Å². The number of aliphatic hydroxyl groups is 1. The van der Waals surface area contributed by atoms with Crippen LogP contribution in [-0.2, 0) is 9.84 Å². The van der Waals surface area contributed by atoms with E-state index in [0.717, 1.165) is 0 Å². The summed E-state index contributed by atoms with van der Waals surface area (Å²) in [5.41, 5.74) is 0.923. The van der Waals surface area contributed by atoms with Crippen LogP contribution in [0.25, 0.3) is 5.70 Å². The summed E-state index contributed by atoms with van der Waals surface area (Å²) in [6.45, 7) is 0.172. The van der Waals surface area contributed by atoms with E-state index in [0.29, 0.717) is 11.3 Å². The maximum absolute atomic E-state index is 11.9. The molecular weight excluding hydrogens is 250 g/mol. The molecule has 2 rings (SSSR count). The molecule has 0 aromatic heterocycles. The molecule has 4 nitrogen and oxygen atoms in total. The van der Waals surface area contributed by atoms with E-state index in [9.17, 15) is 8.42 Å². The van der Waals surface area contributed by atoms with Gasteiger partial charge >= 0.3 is 0 Å². The minimum Gasteiger partial charge on any atom is -0.395 e. The molecule has 1 aromatic carbocycles. The van der Waals surface area contributed by atoms with Gasteiger partial charge in [0.1, 0.15) is 0 Å². The molecule has 6 heteroatoms. The Balaban J connectivity index is 2.56. The number of hydrogen-bond donors (Lipinski definition) is 2. The topological polar surface area (TPSA) is 66.4 Å². The van der Waals surface area contributed by atoms with Crippen LogP contribution in [0.15, 0.2) is 33.5 Å². The van der Waals surface area contributed by atoms with Crippen molar-refractivity contribution in [1.29, 1.82) is 0 Å². The van der Waals surface area contributed by atoms with Crippen LogP contribution in [0.1, 0.15) is 5.56 Å². The number of nitrogens with one attached hydrogen (secondary N) is 1. The van der Waals surface area contributed by atoms with Crippen LogP contribution in [0.5, 0.6) is 0 Å². The van der Waals surface area contributed by atoms with E-state index < -0.39 is 9.84 Å². The van der Waals surface area contributed by atoms with Crippen molar-refractivity contribution in [1.82, 2.24) is 5.32 Å². The Kier molecular flexibility index (Phi) is 2.92. The highest BCUT2D eigenvalue weighted by atomic mass is 35.5. The highest BCUT2D eigenvalue weighted by Crippen LogP contribution is 2.39. The summed E-state index contributed by atoms with van der Waals surface area (Å²) in [6, 6.07) is 6.59. The van der Waals surface area contributed by atoms with Crippen LogP contribution in [0.4, 0.5) is 0 Å². The lowest BCUT2D eigenvalue weighted by molar-refractivity contribution is 0.299. The summed E-state index contributed by atoms with van der Waals surface area (Å²) >= 11 is 5.82. The zero-order valence-electron chi connectivity index (χ0n) is 8.27. The molecule has 0 unspecified atom stereocenters. The number of rotatable bonds is 3. The van der Waals surface area contributed by atoms with Crippen molar-refractivity contribution in [2.24, 2.45) is 0 Å². The zero-order valence-corrected chi connectivity index (χ0v) is 9.85. The van der Waals surface area contributed by atoms with Crippen LogP contribution in [0.2, 0.25) is 0 Å². The highest BCUT2D eigenvalue weighted by Gasteiger charge is 2.34. The summed E-state index contributed by atoms with van der Waals surface area (Å²) in [7, 11) is -3.56. The van der Waals surface area contributed by atoms with E-state index in [1.54, 1.807) is 18.2 Å². The van der Waals surface area contributed by atoms with Crippen molar-refractivity contribution >= 4 is 27.1 Å². The summed E-state index contributed by atoms with van der Waals surface area (Å²) < 4.78 is 23.5. The average Bonchev–Trinajstić information content (AvgIpc) is 2.47. The van der Waals surface area contributed by atoms with Gasteiger partial charge in [-0.05, 0) is 6.07 Å². The van der Waals surface area contributed by atoms with Crippen LogP contribution >= 0.6 is 11.6 Å². The molecule has 0 aliphatic carbocycles. The van der Waals surface area contributed by atoms with Crippen molar-refractivity contribution in [2.45, 2.75) is 4.90 Å². The molecule has 1 aliphatic rings. The van der Waals surface area contributed by atoms with E-state index in [4.69, 9.17) is 16.7 Å². The summed E-state index contributed by atoms with van der Waals surface area (Å²) in [6.07, 6.45) is 0. The second-order valence-corrected chi connectivity index (χ2v) is 5.76. The quantitative estimate of drug-likeness (QED) is 0.847. The first kappa shape index (κ1) is 11.4. The first-order valence-corrected chi connectivity index (χ1v) is 6.54. The van der Waals surface area contributed by atoms with Crippen molar-refractivity contribution in [3.8, 4) is 0 Å². The predicted octanol–water partition coefficient (Wildman–Crippen LogP) is 0.921. The molecule has 0 saturated heterocycles. The molecule has 0 saturated carbocycles. The van der Waals surface area contributed by atoms with Crippen LogP contribution in [-0.4, -0.2) is 26.7 Å². The standard InChI is InChI=1S/C10H10ClNO3S/c11-10-9(12-5-6-13)7-3-1-2-4-8(7)16(10,14)15/h1-4,12-13H,5-6H2. The van der Waals surface area contributed by atoms with Gasteiger partial charge in [-0.15, -0.1) is 0 Å². The minimum atomic E-state index is -3.56. The lowest BCUT2D eigenvalue weighted by Crippen LogP contribution is -2.16. The summed E-state index contributed by atoms with van der Waals surface area (Å²) in [4.78, 5) is 0.209. The smallest absolute Gasteiger partial charge is 0.220 e. The Morgan fingerprint density at radius 2 is 2.00 bits per heavy atom. The molecule has 2 N–H and O–H groups in total. The molecule has 16 heavy (non-hydrogen) atoms. The van der Waals surface area contributed by atoms with Gasteiger partial charge in [0.15, 0.2) is 4.36 Å². The fourth-order valence-electron chi connectivity index (χ4n) is 1.59. The fourth-order valence-corrected chi connectivity index (χ4v) is 3.37. The van der Waals surface area contributed by atoms with Gasteiger partial charge in [0.2, 0.25) is 9.84 Å². The van der Waals surface area contributed by atoms with Crippen LogP contribution < -0.4 is 5.32 Å². The molecule has 1 aromatic rings. The maximum Gasteiger partial charge on any atom is 0.220 e. The first-order chi connectivity index (χ1) is 7.59. The van der Waals surface area contributed by atoms with Crippen molar-refractivity contribution < 1.29 is 13.5 Å². The molecule has 1 aliphatic heterocycles. The van der Waals surface area contributed by atoms with Gasteiger partial charge in [0, 0.05) is 12.1 Å². The molecule has 0 bridgehead atoms. The Labute approximate surface area is 98.5 Å². The van der Waals surface area contributed by atoms with Crippen molar-refractivity contribution in [2.75, 3.05) is 13.2 Å². The molecule has 0 fully saturated rings. The Morgan fingerprint density at radius 1 is 1.31 bits per heavy atom. The molecule has 0 radical (unpaired) electrons. The van der Waals surface area contributed by atoms with E-state index in [2.05, 4.69) is 5.32 Å². The second kappa shape index (κ2) is 4.08. The lowest BCUT2D eigenvalue weighted by Gasteiger charge is -2.05. The van der Waals surface area contributed by atoms with Gasteiger partial charge in [-0.3, -0.25) is 0 Å². The molecule has 0 amide bonds. The monoisotopic (exact) mass is 259 g/mol. The largest absolute Gasteiger partial charge is 0.395 e. The Morgan fingerprint density at radius 3 is 2.69 bits per heavy atom. The van der Waals surface area contributed by atoms with Crippen LogP contribution in [0, 0.1) is 0 Å². The van der Waals surface area contributed by atoms with Gasteiger partial charge in [0.05, 0.1) is 17.2 Å². The van der Waals surface area contributed by atoms with Gasteiger partial charge < -0.3 is 10.4 Å². The van der Waals surface area contributed by atoms with E-state index in [1.807, 2.05) is 0 Å². The van der Waals surface area contributed by atoms with Gasteiger partial charge in [-0.25, -0.2) is 8.42 Å². The van der Waals surface area contributed by atoms with Gasteiger partial charge in [0.25, 0.3) is 0 Å². The lowest BCUT2D eigenvalue weighted by atomic mass is 10.2. The fraction of sp³-hybridized carbons (Fsp3) is 0.200. The summed E-state index contributed by atoms with van der Waals surface area (Å²) in [5, 5.41) is 11.5. The first-order valence-electron chi connectivity index (χ1n) is 4.68. The Bertz CT molecular complexity index is 551. The summed E-state index contributed by atoms with van der Waals surface area (Å²) in [5.74, 6) is 0. The molecule has 86 valence electrons. The number of halogens is 1. The molecule has 0 spiro atoms. The third-order valence-corrected chi connectivity index (χ3v) is 4.70. The van der Waals surface area contributed by atoms with Crippen molar-refractivity contribution in [3.63, 3.8) is 0 Å². The van der Waals surface area contributed by atoms with Gasteiger partial charge in [-0.2, -0.15) is 0 Å². The molecule has 0 atom stereocenters. The third kappa shape index (κ3) is 1.61.